The summed E-state index contributed by atoms with van der Waals surface area (Å²) in [5.74, 6) is -0.121. The monoisotopic (exact) mass is 365 g/mol. The molecule has 0 amide bonds. The van der Waals surface area contributed by atoms with E-state index in [0.717, 1.165) is 16.3 Å². The molecular formula is C18H23NO5S. The molecule has 25 heavy (non-hydrogen) atoms. The zero-order chi connectivity index (χ0) is 18.2. The lowest BCUT2D eigenvalue weighted by Crippen LogP contribution is -2.38. The van der Waals surface area contributed by atoms with Crippen LogP contribution in [0.25, 0.3) is 0 Å². The van der Waals surface area contributed by atoms with Gasteiger partial charge >= 0.3 is 11.9 Å². The molecule has 0 aliphatic carbocycles. The molecule has 0 unspecified atom stereocenters. The van der Waals surface area contributed by atoms with Crippen molar-refractivity contribution in [2.24, 2.45) is 0 Å². The van der Waals surface area contributed by atoms with Crippen molar-refractivity contribution in [1.82, 2.24) is 0 Å². The van der Waals surface area contributed by atoms with Crippen molar-refractivity contribution in [3.63, 3.8) is 0 Å². The number of nitrogens with zero attached hydrogens (tertiary/aromatic N) is 1. The molecule has 136 valence electrons. The number of ether oxygens (including phenoxy) is 3. The second-order valence-corrected chi connectivity index (χ2v) is 6.58. The fourth-order valence-corrected chi connectivity index (χ4v) is 3.40. The summed E-state index contributed by atoms with van der Waals surface area (Å²) < 4.78 is 15.1. The Morgan fingerprint density at radius 3 is 2.44 bits per heavy atom. The maximum absolute atomic E-state index is 12.2. The normalized spacial score (nSPS) is 14.4. The molecule has 2 rings (SSSR count). The Balaban J connectivity index is 2.29. The first-order valence-corrected chi connectivity index (χ1v) is 9.08. The van der Waals surface area contributed by atoms with E-state index in [1.165, 1.54) is 27.1 Å². The van der Waals surface area contributed by atoms with E-state index in [-0.39, 0.29) is 24.6 Å². The summed E-state index contributed by atoms with van der Waals surface area (Å²) in [5, 5.41) is 0. The number of thioether (sulfide) groups is 1. The number of anilines is 1. The number of hydrogen-bond donors (Lipinski definition) is 0. The molecule has 6 nitrogen and oxygen atoms in total. The van der Waals surface area contributed by atoms with Gasteiger partial charge in [0.2, 0.25) is 0 Å². The van der Waals surface area contributed by atoms with Gasteiger partial charge in [-0.1, -0.05) is 13.3 Å². The molecule has 0 fully saturated rings. The number of hydrogen-bond acceptors (Lipinski definition) is 7. The zero-order valence-corrected chi connectivity index (χ0v) is 15.6. The number of carbonyl (C=O) groups excluding carboxylic acids is 2. The molecule has 0 spiro atoms. The van der Waals surface area contributed by atoms with Crippen LogP contribution in [-0.4, -0.2) is 45.2 Å². The first-order valence-electron chi connectivity index (χ1n) is 8.10. The molecule has 0 saturated carbocycles. The van der Waals surface area contributed by atoms with Crippen molar-refractivity contribution in [1.29, 1.82) is 0 Å². The van der Waals surface area contributed by atoms with Gasteiger partial charge in [0.15, 0.2) is 0 Å². The molecule has 1 aliphatic rings. The third-order valence-electron chi connectivity index (χ3n) is 3.75. The standard InChI is InChI=1S/C18H23NO5S/c1-4-5-10-25-14-8-6-13(7-9-14)19-12-24-11-15(17(20)22-2)16(19)18(21)23-3/h6-9H,4-5,10-12H2,1-3H3. The van der Waals surface area contributed by atoms with E-state index < -0.39 is 11.9 Å². The van der Waals surface area contributed by atoms with E-state index in [4.69, 9.17) is 14.2 Å². The van der Waals surface area contributed by atoms with Gasteiger partial charge in [0.1, 0.15) is 12.4 Å². The highest BCUT2D eigenvalue weighted by Crippen LogP contribution is 2.29. The lowest BCUT2D eigenvalue weighted by molar-refractivity contribution is -0.140. The number of esters is 2. The number of methoxy groups -OCH3 is 2. The third-order valence-corrected chi connectivity index (χ3v) is 4.85. The molecule has 0 saturated heterocycles. The highest BCUT2D eigenvalue weighted by atomic mass is 32.2. The van der Waals surface area contributed by atoms with Crippen LogP contribution in [-0.2, 0) is 23.8 Å². The summed E-state index contributed by atoms with van der Waals surface area (Å²) in [4.78, 5) is 27.0. The van der Waals surface area contributed by atoms with Crippen molar-refractivity contribution in [3.8, 4) is 0 Å². The van der Waals surface area contributed by atoms with Gasteiger partial charge in [-0.3, -0.25) is 0 Å². The average molecular weight is 365 g/mol. The second kappa shape index (κ2) is 9.48. The van der Waals surface area contributed by atoms with Crippen LogP contribution in [0.5, 0.6) is 0 Å². The van der Waals surface area contributed by atoms with Crippen molar-refractivity contribution < 1.29 is 23.8 Å². The van der Waals surface area contributed by atoms with Gasteiger partial charge in [0.25, 0.3) is 0 Å². The minimum Gasteiger partial charge on any atom is -0.466 e. The highest BCUT2D eigenvalue weighted by molar-refractivity contribution is 7.99. The molecule has 1 heterocycles. The Kier molecular flexibility index (Phi) is 7.33. The smallest absolute Gasteiger partial charge is 0.355 e. The first-order chi connectivity index (χ1) is 12.1. The highest BCUT2D eigenvalue weighted by Gasteiger charge is 2.32. The molecule has 0 N–H and O–H groups in total. The van der Waals surface area contributed by atoms with Crippen LogP contribution in [0, 0.1) is 0 Å². The van der Waals surface area contributed by atoms with Crippen molar-refractivity contribution in [2.45, 2.75) is 24.7 Å². The largest absolute Gasteiger partial charge is 0.466 e. The van der Waals surface area contributed by atoms with E-state index >= 15 is 0 Å². The lowest BCUT2D eigenvalue weighted by atomic mass is 10.1. The van der Waals surface area contributed by atoms with Gasteiger partial charge < -0.3 is 19.1 Å². The van der Waals surface area contributed by atoms with Crippen LogP contribution in [0.3, 0.4) is 0 Å². The minimum atomic E-state index is -0.600. The number of rotatable bonds is 7. The molecule has 0 aromatic heterocycles. The first kappa shape index (κ1) is 19.3. The van der Waals surface area contributed by atoms with Crippen molar-refractivity contribution in [2.75, 3.05) is 38.2 Å². The molecule has 7 heteroatoms. The predicted octanol–water partition coefficient (Wildman–Crippen LogP) is 2.97. The summed E-state index contributed by atoms with van der Waals surface area (Å²) in [6.45, 7) is 2.34. The maximum Gasteiger partial charge on any atom is 0.355 e. The van der Waals surface area contributed by atoms with Crippen LogP contribution in [0.2, 0.25) is 0 Å². The predicted molar refractivity (Wildman–Crippen MR) is 96.4 cm³/mol. The van der Waals surface area contributed by atoms with Crippen molar-refractivity contribution in [3.05, 3.63) is 35.5 Å². The van der Waals surface area contributed by atoms with Gasteiger partial charge in [-0.2, -0.15) is 0 Å². The Morgan fingerprint density at radius 2 is 1.84 bits per heavy atom. The van der Waals surface area contributed by atoms with Crippen LogP contribution < -0.4 is 4.90 Å². The summed E-state index contributed by atoms with van der Waals surface area (Å²) in [6, 6.07) is 7.80. The summed E-state index contributed by atoms with van der Waals surface area (Å²) in [7, 11) is 2.55. The van der Waals surface area contributed by atoms with E-state index in [9.17, 15) is 9.59 Å². The number of unbranched alkanes of at least 4 members (excludes halogenated alkanes) is 1. The summed E-state index contributed by atoms with van der Waals surface area (Å²) in [5.41, 5.74) is 1.07. The van der Waals surface area contributed by atoms with Gasteiger partial charge in [-0.05, 0) is 36.4 Å². The van der Waals surface area contributed by atoms with Gasteiger partial charge in [-0.15, -0.1) is 11.8 Å². The van der Waals surface area contributed by atoms with Gasteiger partial charge in [0.05, 0.1) is 26.4 Å². The molecule has 0 atom stereocenters. The molecule has 1 aromatic rings. The van der Waals surface area contributed by atoms with Gasteiger partial charge in [-0.25, -0.2) is 9.59 Å². The van der Waals surface area contributed by atoms with Crippen LogP contribution >= 0.6 is 11.8 Å². The maximum atomic E-state index is 12.2. The fourth-order valence-electron chi connectivity index (χ4n) is 2.40. The van der Waals surface area contributed by atoms with E-state index in [0.29, 0.717) is 0 Å². The van der Waals surface area contributed by atoms with Crippen LogP contribution in [0.15, 0.2) is 40.4 Å². The number of carbonyl (C=O) groups is 2. The minimum absolute atomic E-state index is 0.0125. The number of benzene rings is 1. The third kappa shape index (κ3) is 4.76. The van der Waals surface area contributed by atoms with E-state index in [1.807, 2.05) is 24.3 Å². The van der Waals surface area contributed by atoms with Crippen LogP contribution in [0.1, 0.15) is 19.8 Å². The summed E-state index contributed by atoms with van der Waals surface area (Å²) in [6.07, 6.45) is 2.34. The second-order valence-electron chi connectivity index (χ2n) is 5.41. The zero-order valence-electron chi connectivity index (χ0n) is 14.7. The molecule has 1 aromatic carbocycles. The Hall–Kier alpha value is -1.99. The molecule has 1 aliphatic heterocycles. The topological polar surface area (TPSA) is 65.1 Å². The van der Waals surface area contributed by atoms with Gasteiger partial charge in [0, 0.05) is 10.6 Å². The van der Waals surface area contributed by atoms with E-state index in [1.54, 1.807) is 16.7 Å². The molecular weight excluding hydrogens is 342 g/mol. The fraction of sp³-hybridized carbons (Fsp3) is 0.444. The van der Waals surface area contributed by atoms with Crippen LogP contribution in [0.4, 0.5) is 5.69 Å². The Morgan fingerprint density at radius 1 is 1.16 bits per heavy atom. The molecule has 0 radical (unpaired) electrons. The Bertz CT molecular complexity index is 641. The quantitative estimate of drug-likeness (QED) is 0.418. The van der Waals surface area contributed by atoms with Crippen molar-refractivity contribution >= 4 is 29.4 Å². The van der Waals surface area contributed by atoms with E-state index in [2.05, 4.69) is 6.92 Å². The Labute approximate surface area is 152 Å². The molecule has 0 bridgehead atoms. The average Bonchev–Trinajstić information content (AvgIpc) is 2.67. The summed E-state index contributed by atoms with van der Waals surface area (Å²) >= 11 is 1.79. The lowest BCUT2D eigenvalue weighted by Gasteiger charge is -2.31. The SMILES string of the molecule is CCCCSc1ccc(N2COCC(C(=O)OC)=C2C(=O)OC)cc1.